The molecule has 2 bridgehead atoms. The number of amides is 2. The van der Waals surface area contributed by atoms with Crippen LogP contribution in [0.25, 0.3) is 0 Å². The van der Waals surface area contributed by atoms with E-state index in [0.29, 0.717) is 25.4 Å². The van der Waals surface area contributed by atoms with Crippen LogP contribution in [0, 0.1) is 23.1 Å². The van der Waals surface area contributed by atoms with Gasteiger partial charge in [-0.15, -0.1) is 0 Å². The maximum atomic E-state index is 13.4. The van der Waals surface area contributed by atoms with Crippen molar-refractivity contribution < 1.29 is 14.0 Å². The Balaban J connectivity index is 1.26. The van der Waals surface area contributed by atoms with E-state index in [-0.39, 0.29) is 41.8 Å². The topological polar surface area (TPSA) is 93.7 Å². The van der Waals surface area contributed by atoms with Gasteiger partial charge >= 0.3 is 0 Å². The van der Waals surface area contributed by atoms with Gasteiger partial charge in [-0.2, -0.15) is 5.26 Å². The van der Waals surface area contributed by atoms with Gasteiger partial charge in [-0.25, -0.2) is 4.39 Å². The quantitative estimate of drug-likeness (QED) is 0.765. The molecule has 5 rings (SSSR count). The minimum absolute atomic E-state index is 0.0311. The third-order valence-corrected chi connectivity index (χ3v) is 7.68. The van der Waals surface area contributed by atoms with Crippen molar-refractivity contribution in [3.63, 3.8) is 0 Å². The number of halogens is 1. The third kappa shape index (κ3) is 3.14. The molecule has 0 spiro atoms. The number of hydrogen-bond acceptors (Lipinski definition) is 5. The molecule has 4 aliphatic rings. The first-order chi connectivity index (χ1) is 14.7. The summed E-state index contributed by atoms with van der Waals surface area (Å²) in [7, 11) is 0. The minimum atomic E-state index is -0.735. The molecule has 2 N–H and O–H groups in total. The Morgan fingerprint density at radius 1 is 1.29 bits per heavy atom. The fourth-order valence-corrected chi connectivity index (χ4v) is 6.01. The molecule has 8 heteroatoms. The molecule has 0 radical (unpaired) electrons. The SMILES string of the molecule is CC(C)(c1ccc(F)cc1)N1C(=O)C2CC1CN2CC(N)C(=O)N1[C@H](C#N)C[C@@H]2C[C@@H]21. The lowest BCUT2D eigenvalue weighted by atomic mass is 9.91. The highest BCUT2D eigenvalue weighted by Crippen LogP contribution is 2.48. The van der Waals surface area contributed by atoms with Crippen molar-refractivity contribution in [2.75, 3.05) is 13.1 Å². The van der Waals surface area contributed by atoms with Crippen LogP contribution in [0.2, 0.25) is 0 Å². The van der Waals surface area contributed by atoms with Gasteiger partial charge in [-0.3, -0.25) is 14.5 Å². The number of carbonyl (C=O) groups is 2. The Labute approximate surface area is 181 Å². The number of likely N-dealkylation sites (tertiary alicyclic amines) is 3. The maximum Gasteiger partial charge on any atom is 0.242 e. The zero-order valence-electron chi connectivity index (χ0n) is 17.9. The van der Waals surface area contributed by atoms with Crippen molar-refractivity contribution in [1.82, 2.24) is 14.7 Å². The second kappa shape index (κ2) is 7.01. The summed E-state index contributed by atoms with van der Waals surface area (Å²) >= 11 is 0. The molecule has 164 valence electrons. The van der Waals surface area contributed by atoms with Gasteiger partial charge in [0.1, 0.15) is 11.9 Å². The second-order valence-electron chi connectivity index (χ2n) is 9.93. The Morgan fingerprint density at radius 3 is 2.65 bits per heavy atom. The lowest BCUT2D eigenvalue weighted by molar-refractivity contribution is -0.144. The van der Waals surface area contributed by atoms with Crippen molar-refractivity contribution in [3.05, 3.63) is 35.6 Å². The second-order valence-corrected chi connectivity index (χ2v) is 9.93. The summed E-state index contributed by atoms with van der Waals surface area (Å²) in [6.45, 7) is 4.96. The van der Waals surface area contributed by atoms with Gasteiger partial charge in [0, 0.05) is 25.2 Å². The molecule has 3 saturated heterocycles. The molecule has 1 saturated carbocycles. The van der Waals surface area contributed by atoms with Crippen LogP contribution in [0.5, 0.6) is 0 Å². The lowest BCUT2D eigenvalue weighted by Gasteiger charge is -2.44. The number of nitrogens with zero attached hydrogens (tertiary/aromatic N) is 4. The van der Waals surface area contributed by atoms with E-state index in [1.54, 1.807) is 17.0 Å². The number of hydrogen-bond donors (Lipinski definition) is 1. The standard InChI is InChI=1S/C23H28FN5O2/c1-23(2,14-3-5-15(24)6-4-14)29-17-9-20(22(29)31)27(11-17)12-18(26)21(30)28-16(10-25)7-13-8-19(13)28/h3-6,13,16-20H,7-9,11-12,26H2,1-2H3/t13-,16+,17?,18?,19+,20?/m1/s1. The van der Waals surface area contributed by atoms with Crippen LogP contribution >= 0.6 is 0 Å². The lowest BCUT2D eigenvalue weighted by Crippen LogP contribution is -2.59. The first-order valence-electron chi connectivity index (χ1n) is 11.0. The van der Waals surface area contributed by atoms with Gasteiger partial charge in [-0.05, 0) is 56.7 Å². The molecule has 1 aliphatic carbocycles. The van der Waals surface area contributed by atoms with E-state index in [1.165, 1.54) is 12.1 Å². The van der Waals surface area contributed by atoms with E-state index < -0.39 is 11.6 Å². The van der Waals surface area contributed by atoms with Crippen LogP contribution in [0.4, 0.5) is 4.39 Å². The van der Waals surface area contributed by atoms with E-state index in [4.69, 9.17) is 5.73 Å². The fraction of sp³-hybridized carbons (Fsp3) is 0.609. The predicted molar refractivity (Wildman–Crippen MR) is 111 cm³/mol. The number of nitriles is 1. The van der Waals surface area contributed by atoms with Gasteiger partial charge in [0.2, 0.25) is 11.8 Å². The number of nitrogens with two attached hydrogens (primary N) is 1. The molecule has 2 amide bonds. The summed E-state index contributed by atoms with van der Waals surface area (Å²) in [5.41, 5.74) is 6.62. The number of fused-ring (bicyclic) bond motifs is 3. The van der Waals surface area contributed by atoms with Gasteiger partial charge in [-0.1, -0.05) is 12.1 Å². The maximum absolute atomic E-state index is 13.4. The Hall–Kier alpha value is -2.50. The zero-order chi connectivity index (χ0) is 22.1. The largest absolute Gasteiger partial charge is 0.328 e. The molecule has 0 aromatic heterocycles. The highest BCUT2D eigenvalue weighted by atomic mass is 19.1. The average molecular weight is 426 g/mol. The molecule has 1 aromatic carbocycles. The number of rotatable bonds is 5. The van der Waals surface area contributed by atoms with Crippen molar-refractivity contribution in [2.24, 2.45) is 11.7 Å². The summed E-state index contributed by atoms with van der Waals surface area (Å²) in [5.74, 6) is 0.0130. The molecule has 6 atom stereocenters. The molecule has 31 heavy (non-hydrogen) atoms. The van der Waals surface area contributed by atoms with Gasteiger partial charge in [0.15, 0.2) is 0 Å². The van der Waals surface area contributed by atoms with Crippen LogP contribution in [0.3, 0.4) is 0 Å². The Morgan fingerprint density at radius 2 is 2.00 bits per heavy atom. The zero-order valence-corrected chi connectivity index (χ0v) is 17.9. The molecule has 3 heterocycles. The number of carbonyl (C=O) groups excluding carboxylic acids is 2. The Bertz CT molecular complexity index is 958. The molecule has 7 nitrogen and oxygen atoms in total. The molecule has 1 aromatic rings. The molecular weight excluding hydrogens is 397 g/mol. The third-order valence-electron chi connectivity index (χ3n) is 7.68. The summed E-state index contributed by atoms with van der Waals surface area (Å²) in [5, 5.41) is 9.36. The summed E-state index contributed by atoms with van der Waals surface area (Å²) in [6, 6.07) is 7.35. The van der Waals surface area contributed by atoms with E-state index >= 15 is 0 Å². The average Bonchev–Trinajstić information content (AvgIpc) is 3.06. The molecule has 4 fully saturated rings. The van der Waals surface area contributed by atoms with Gasteiger partial charge in [0.05, 0.1) is 23.7 Å². The minimum Gasteiger partial charge on any atom is -0.328 e. The molecule has 3 unspecified atom stereocenters. The monoisotopic (exact) mass is 425 g/mol. The van der Waals surface area contributed by atoms with Crippen molar-refractivity contribution >= 4 is 11.8 Å². The molecular formula is C23H28FN5O2. The highest BCUT2D eigenvalue weighted by Gasteiger charge is 2.57. The van der Waals surface area contributed by atoms with Gasteiger partial charge in [0.25, 0.3) is 0 Å². The van der Waals surface area contributed by atoms with Gasteiger partial charge < -0.3 is 15.5 Å². The van der Waals surface area contributed by atoms with Crippen LogP contribution in [0.1, 0.15) is 38.7 Å². The summed E-state index contributed by atoms with van der Waals surface area (Å²) in [6.07, 6.45) is 2.43. The van der Waals surface area contributed by atoms with E-state index in [9.17, 15) is 19.2 Å². The summed E-state index contributed by atoms with van der Waals surface area (Å²) in [4.78, 5) is 31.8. The first kappa shape index (κ1) is 20.4. The van der Waals surface area contributed by atoms with E-state index in [2.05, 4.69) is 6.07 Å². The number of benzene rings is 1. The summed E-state index contributed by atoms with van der Waals surface area (Å²) < 4.78 is 13.4. The Kier molecular flexibility index (Phi) is 4.61. The smallest absolute Gasteiger partial charge is 0.242 e. The molecule has 3 aliphatic heterocycles. The number of piperidine rings is 1. The first-order valence-corrected chi connectivity index (χ1v) is 11.0. The van der Waals surface area contributed by atoms with Crippen LogP contribution in [-0.2, 0) is 15.1 Å². The van der Waals surface area contributed by atoms with Crippen molar-refractivity contribution in [1.29, 1.82) is 5.26 Å². The normalized spacial score (nSPS) is 32.9. The van der Waals surface area contributed by atoms with Crippen LogP contribution in [0.15, 0.2) is 24.3 Å². The fourth-order valence-electron chi connectivity index (χ4n) is 6.01. The number of piperazine rings is 1. The van der Waals surface area contributed by atoms with Crippen LogP contribution < -0.4 is 5.73 Å². The van der Waals surface area contributed by atoms with Crippen LogP contribution in [-0.4, -0.2) is 69.8 Å². The van der Waals surface area contributed by atoms with Crippen molar-refractivity contribution in [2.45, 2.75) is 68.9 Å². The van der Waals surface area contributed by atoms with Crippen molar-refractivity contribution in [3.8, 4) is 6.07 Å². The van der Waals surface area contributed by atoms with E-state index in [1.807, 2.05) is 23.6 Å². The predicted octanol–water partition coefficient (Wildman–Crippen LogP) is 1.19. The van der Waals surface area contributed by atoms with E-state index in [0.717, 1.165) is 18.4 Å². The highest BCUT2D eigenvalue weighted by molar-refractivity contribution is 5.87.